The SMILES string of the molecule is O=C(NCc1ccccc1)[C@]1(n2ccc(=O)[nH]c2=O)C[C@H](O)[C@@H](CO)O1. The van der Waals surface area contributed by atoms with Gasteiger partial charge < -0.3 is 20.3 Å². The van der Waals surface area contributed by atoms with Crippen molar-refractivity contribution in [3.8, 4) is 0 Å². The zero-order chi connectivity index (χ0) is 18.7. The van der Waals surface area contributed by atoms with E-state index >= 15 is 0 Å². The summed E-state index contributed by atoms with van der Waals surface area (Å²) in [6, 6.07) is 10.2. The first-order valence-electron chi connectivity index (χ1n) is 8.08. The predicted molar refractivity (Wildman–Crippen MR) is 90.2 cm³/mol. The molecule has 0 spiro atoms. The van der Waals surface area contributed by atoms with Crippen LogP contribution in [0.15, 0.2) is 52.2 Å². The lowest BCUT2D eigenvalue weighted by molar-refractivity contribution is -0.164. The first-order chi connectivity index (χ1) is 12.5. The van der Waals surface area contributed by atoms with Crippen molar-refractivity contribution in [2.75, 3.05) is 6.61 Å². The van der Waals surface area contributed by atoms with Crippen LogP contribution in [0.25, 0.3) is 0 Å². The third-order valence-corrected chi connectivity index (χ3v) is 4.31. The first-order valence-corrected chi connectivity index (χ1v) is 8.08. The van der Waals surface area contributed by atoms with Gasteiger partial charge in [0.15, 0.2) is 0 Å². The number of aromatic nitrogens is 2. The van der Waals surface area contributed by atoms with Crippen molar-refractivity contribution in [2.24, 2.45) is 0 Å². The fourth-order valence-corrected chi connectivity index (χ4v) is 2.98. The summed E-state index contributed by atoms with van der Waals surface area (Å²) in [7, 11) is 0. The van der Waals surface area contributed by atoms with E-state index in [9.17, 15) is 24.6 Å². The molecule has 3 rings (SSSR count). The van der Waals surface area contributed by atoms with Crippen molar-refractivity contribution in [3.63, 3.8) is 0 Å². The van der Waals surface area contributed by atoms with Gasteiger partial charge in [-0.2, -0.15) is 0 Å². The lowest BCUT2D eigenvalue weighted by Crippen LogP contribution is -2.53. The highest BCUT2D eigenvalue weighted by atomic mass is 16.6. The van der Waals surface area contributed by atoms with E-state index in [4.69, 9.17) is 4.74 Å². The van der Waals surface area contributed by atoms with E-state index in [0.717, 1.165) is 22.4 Å². The van der Waals surface area contributed by atoms with E-state index < -0.39 is 41.7 Å². The summed E-state index contributed by atoms with van der Waals surface area (Å²) in [5.41, 5.74) is -2.51. The standard InChI is InChI=1S/C17H19N3O6/c21-10-13-12(22)8-17(26-13,20-7-6-14(23)19-16(20)25)15(24)18-9-11-4-2-1-3-5-11/h1-7,12-13,21-22H,8-10H2,(H,18,24)(H,19,23,25)/t12-,13+,17-/m0/s1. The molecule has 2 aromatic rings. The molecule has 26 heavy (non-hydrogen) atoms. The molecule has 1 aromatic carbocycles. The Morgan fingerprint density at radius 3 is 2.65 bits per heavy atom. The number of carbonyl (C=O) groups is 1. The Kier molecular flexibility index (Phi) is 5.03. The molecular formula is C17H19N3O6. The van der Waals surface area contributed by atoms with Gasteiger partial charge in [-0.15, -0.1) is 0 Å². The van der Waals surface area contributed by atoms with Crippen molar-refractivity contribution in [1.29, 1.82) is 0 Å². The van der Waals surface area contributed by atoms with Crippen LogP contribution in [0, 0.1) is 0 Å². The molecule has 0 saturated carbocycles. The number of hydrogen-bond donors (Lipinski definition) is 4. The zero-order valence-electron chi connectivity index (χ0n) is 13.8. The third-order valence-electron chi connectivity index (χ3n) is 4.31. The van der Waals surface area contributed by atoms with Gasteiger partial charge in [0.25, 0.3) is 11.5 Å². The molecule has 2 heterocycles. The summed E-state index contributed by atoms with van der Waals surface area (Å²) in [5, 5.41) is 22.1. The minimum Gasteiger partial charge on any atom is -0.394 e. The maximum Gasteiger partial charge on any atom is 0.331 e. The first kappa shape index (κ1) is 18.1. The van der Waals surface area contributed by atoms with E-state index in [0.29, 0.717) is 0 Å². The van der Waals surface area contributed by atoms with Gasteiger partial charge in [-0.25, -0.2) is 4.79 Å². The van der Waals surface area contributed by atoms with Crippen molar-refractivity contribution in [3.05, 3.63) is 69.0 Å². The van der Waals surface area contributed by atoms with Gasteiger partial charge >= 0.3 is 5.69 Å². The molecule has 1 fully saturated rings. The van der Waals surface area contributed by atoms with Crippen LogP contribution in [0.2, 0.25) is 0 Å². The van der Waals surface area contributed by atoms with Gasteiger partial charge in [0.1, 0.15) is 6.10 Å². The number of ether oxygens (including phenoxy) is 1. The molecule has 9 heteroatoms. The smallest absolute Gasteiger partial charge is 0.331 e. The Balaban J connectivity index is 1.94. The number of carbonyl (C=O) groups excluding carboxylic acids is 1. The van der Waals surface area contributed by atoms with E-state index in [2.05, 4.69) is 10.3 Å². The molecule has 0 bridgehead atoms. The number of H-pyrrole nitrogens is 1. The van der Waals surface area contributed by atoms with Crippen LogP contribution in [-0.4, -0.2) is 44.5 Å². The topological polar surface area (TPSA) is 134 Å². The number of benzene rings is 1. The third kappa shape index (κ3) is 3.32. The Morgan fingerprint density at radius 1 is 1.31 bits per heavy atom. The van der Waals surface area contributed by atoms with Gasteiger partial charge in [0.05, 0.1) is 12.7 Å². The van der Waals surface area contributed by atoms with Crippen molar-refractivity contribution in [1.82, 2.24) is 14.9 Å². The minimum absolute atomic E-state index is 0.183. The fourth-order valence-electron chi connectivity index (χ4n) is 2.98. The molecule has 9 nitrogen and oxygen atoms in total. The van der Waals surface area contributed by atoms with Crippen LogP contribution in [0.5, 0.6) is 0 Å². The predicted octanol–water partition coefficient (Wildman–Crippen LogP) is -1.35. The van der Waals surface area contributed by atoms with Gasteiger partial charge in [0.2, 0.25) is 5.72 Å². The van der Waals surface area contributed by atoms with E-state index in [1.807, 2.05) is 30.3 Å². The molecule has 0 unspecified atom stereocenters. The van der Waals surface area contributed by atoms with Crippen LogP contribution in [0.3, 0.4) is 0 Å². The molecular weight excluding hydrogens is 342 g/mol. The Morgan fingerprint density at radius 2 is 2.04 bits per heavy atom. The van der Waals surface area contributed by atoms with Crippen LogP contribution in [0.4, 0.5) is 0 Å². The summed E-state index contributed by atoms with van der Waals surface area (Å²) >= 11 is 0. The average molecular weight is 361 g/mol. The molecule has 3 atom stereocenters. The Hall–Kier alpha value is -2.75. The average Bonchev–Trinajstić information content (AvgIpc) is 2.98. The van der Waals surface area contributed by atoms with Gasteiger partial charge in [0, 0.05) is 25.2 Å². The summed E-state index contributed by atoms with van der Waals surface area (Å²) in [5.74, 6) is -0.662. The molecule has 4 N–H and O–H groups in total. The number of rotatable bonds is 5. The van der Waals surface area contributed by atoms with Crippen molar-refractivity contribution >= 4 is 5.91 Å². The van der Waals surface area contributed by atoms with Crippen LogP contribution in [0.1, 0.15) is 12.0 Å². The maximum absolute atomic E-state index is 12.9. The second kappa shape index (κ2) is 7.24. The minimum atomic E-state index is -1.87. The van der Waals surface area contributed by atoms with E-state index in [1.165, 1.54) is 0 Å². The maximum atomic E-state index is 12.9. The Bertz CT molecular complexity index is 893. The summed E-state index contributed by atoms with van der Waals surface area (Å²) < 4.78 is 6.52. The quantitative estimate of drug-likeness (QED) is 0.520. The molecule has 138 valence electrons. The monoisotopic (exact) mass is 361 g/mol. The van der Waals surface area contributed by atoms with Gasteiger partial charge in [-0.05, 0) is 5.56 Å². The zero-order valence-corrected chi connectivity index (χ0v) is 13.8. The van der Waals surface area contributed by atoms with Crippen LogP contribution in [-0.2, 0) is 21.8 Å². The Labute approximate surface area is 147 Å². The number of aliphatic hydroxyl groups excluding tert-OH is 2. The molecule has 1 aromatic heterocycles. The van der Waals surface area contributed by atoms with Crippen molar-refractivity contribution in [2.45, 2.75) is 30.9 Å². The van der Waals surface area contributed by atoms with E-state index in [1.54, 1.807) is 0 Å². The van der Waals surface area contributed by atoms with E-state index in [-0.39, 0.29) is 13.0 Å². The molecule has 1 aliphatic heterocycles. The number of nitrogens with one attached hydrogen (secondary N) is 2. The highest BCUT2D eigenvalue weighted by Crippen LogP contribution is 2.34. The number of amides is 1. The van der Waals surface area contributed by atoms with Crippen molar-refractivity contribution < 1.29 is 19.7 Å². The highest BCUT2D eigenvalue weighted by Gasteiger charge is 2.53. The number of nitrogens with zero attached hydrogens (tertiary/aromatic N) is 1. The molecule has 1 amide bonds. The number of hydrogen-bond acceptors (Lipinski definition) is 6. The second-order valence-corrected chi connectivity index (χ2v) is 6.04. The molecule has 0 radical (unpaired) electrons. The molecule has 0 aliphatic carbocycles. The van der Waals surface area contributed by atoms with Gasteiger partial charge in [-0.1, -0.05) is 30.3 Å². The summed E-state index contributed by atoms with van der Waals surface area (Å²) in [4.78, 5) is 38.5. The number of aromatic amines is 1. The number of aliphatic hydroxyl groups is 2. The normalized spacial score (nSPS) is 25.2. The van der Waals surface area contributed by atoms with Crippen LogP contribution >= 0.6 is 0 Å². The molecule has 1 aliphatic rings. The largest absolute Gasteiger partial charge is 0.394 e. The highest BCUT2D eigenvalue weighted by molar-refractivity contribution is 5.83. The fraction of sp³-hybridized carbons (Fsp3) is 0.353. The summed E-state index contributed by atoms with van der Waals surface area (Å²) in [6.45, 7) is -0.338. The summed E-state index contributed by atoms with van der Waals surface area (Å²) in [6.07, 6.45) is -1.29. The van der Waals surface area contributed by atoms with Crippen LogP contribution < -0.4 is 16.6 Å². The lowest BCUT2D eigenvalue weighted by atomic mass is 10.0. The lowest BCUT2D eigenvalue weighted by Gasteiger charge is -2.29. The second-order valence-electron chi connectivity index (χ2n) is 6.04. The van der Waals surface area contributed by atoms with Gasteiger partial charge in [-0.3, -0.25) is 19.1 Å². The molecule has 1 saturated heterocycles.